The predicted molar refractivity (Wildman–Crippen MR) is 74.4 cm³/mol. The maximum Gasteiger partial charge on any atom is 0.0591 e. The lowest BCUT2D eigenvalue weighted by Gasteiger charge is -2.25. The van der Waals surface area contributed by atoms with Gasteiger partial charge < -0.3 is 15.8 Å². The molecule has 1 aliphatic carbocycles. The lowest BCUT2D eigenvalue weighted by Crippen LogP contribution is -2.44. The quantitative estimate of drug-likeness (QED) is 0.691. The highest BCUT2D eigenvalue weighted by Gasteiger charge is 2.21. The Morgan fingerprint density at radius 1 is 1.33 bits per heavy atom. The van der Waals surface area contributed by atoms with Gasteiger partial charge in [0.25, 0.3) is 0 Å². The van der Waals surface area contributed by atoms with Gasteiger partial charge in [0, 0.05) is 19.7 Å². The van der Waals surface area contributed by atoms with Crippen LogP contribution in [0.25, 0.3) is 0 Å². The normalized spacial score (nSPS) is 18.6. The molecule has 0 bridgehead atoms. The fraction of sp³-hybridized carbons (Fsp3) is 0.600. The van der Waals surface area contributed by atoms with E-state index in [4.69, 9.17) is 10.5 Å². The average Bonchev–Trinajstić information content (AvgIpc) is 3.19. The number of nitrogens with one attached hydrogen (secondary N) is 1. The molecule has 0 aliphatic heterocycles. The monoisotopic (exact) mass is 248 g/mol. The van der Waals surface area contributed by atoms with Gasteiger partial charge in [-0.25, -0.2) is 0 Å². The summed E-state index contributed by atoms with van der Waals surface area (Å²) in [6.45, 7) is 5.40. The second-order valence-corrected chi connectivity index (χ2v) is 5.48. The van der Waals surface area contributed by atoms with Gasteiger partial charge in [-0.2, -0.15) is 0 Å². The number of ether oxygens (including phenoxy) is 1. The minimum atomic E-state index is -0.322. The van der Waals surface area contributed by atoms with E-state index < -0.39 is 0 Å². The van der Waals surface area contributed by atoms with Crippen molar-refractivity contribution in [2.24, 2.45) is 11.7 Å². The van der Waals surface area contributed by atoms with E-state index in [0.29, 0.717) is 0 Å². The number of hydrogen-bond donors (Lipinski definition) is 2. The summed E-state index contributed by atoms with van der Waals surface area (Å²) >= 11 is 0. The molecule has 3 nitrogen and oxygen atoms in total. The molecule has 0 amide bonds. The standard InChI is InChI=1S/C15H24N2O/c1-15(16,14-5-3-2-4-6-14)12-17-9-10-18-11-13-7-8-13/h2-6,13,17H,7-12,16H2,1H3. The van der Waals surface area contributed by atoms with Crippen molar-refractivity contribution in [2.45, 2.75) is 25.3 Å². The summed E-state index contributed by atoms with van der Waals surface area (Å²) in [5.74, 6) is 0.842. The van der Waals surface area contributed by atoms with Crippen LogP contribution >= 0.6 is 0 Å². The van der Waals surface area contributed by atoms with E-state index in [1.165, 1.54) is 12.8 Å². The van der Waals surface area contributed by atoms with Crippen molar-refractivity contribution in [3.05, 3.63) is 35.9 Å². The number of benzene rings is 1. The third-order valence-corrected chi connectivity index (χ3v) is 3.40. The average molecular weight is 248 g/mol. The highest BCUT2D eigenvalue weighted by atomic mass is 16.5. The van der Waals surface area contributed by atoms with Gasteiger partial charge in [-0.15, -0.1) is 0 Å². The first kappa shape index (κ1) is 13.5. The van der Waals surface area contributed by atoms with Crippen LogP contribution in [0.4, 0.5) is 0 Å². The first-order chi connectivity index (χ1) is 8.68. The second kappa shape index (κ2) is 6.32. The zero-order chi connectivity index (χ0) is 12.8. The van der Waals surface area contributed by atoms with Crippen LogP contribution in [0.2, 0.25) is 0 Å². The van der Waals surface area contributed by atoms with Gasteiger partial charge in [-0.1, -0.05) is 30.3 Å². The van der Waals surface area contributed by atoms with Crippen molar-refractivity contribution in [2.75, 3.05) is 26.3 Å². The summed E-state index contributed by atoms with van der Waals surface area (Å²) in [5.41, 5.74) is 7.15. The molecule has 1 fully saturated rings. The molecule has 1 aromatic rings. The van der Waals surface area contributed by atoms with Crippen molar-refractivity contribution < 1.29 is 4.74 Å². The Balaban J connectivity index is 1.62. The zero-order valence-corrected chi connectivity index (χ0v) is 11.2. The van der Waals surface area contributed by atoms with E-state index in [0.717, 1.165) is 37.8 Å². The Morgan fingerprint density at radius 2 is 2.06 bits per heavy atom. The molecule has 100 valence electrons. The molecule has 1 saturated carbocycles. The summed E-state index contributed by atoms with van der Waals surface area (Å²) in [7, 11) is 0. The Bertz CT molecular complexity index is 347. The van der Waals surface area contributed by atoms with Crippen LogP contribution in [0.1, 0.15) is 25.3 Å². The zero-order valence-electron chi connectivity index (χ0n) is 11.2. The molecular formula is C15H24N2O. The summed E-state index contributed by atoms with van der Waals surface area (Å²) < 4.78 is 5.57. The van der Waals surface area contributed by atoms with Crippen LogP contribution in [0.5, 0.6) is 0 Å². The molecule has 2 rings (SSSR count). The van der Waals surface area contributed by atoms with Crippen LogP contribution in [-0.4, -0.2) is 26.3 Å². The molecule has 0 saturated heterocycles. The number of nitrogens with two attached hydrogens (primary N) is 1. The number of rotatable bonds is 8. The van der Waals surface area contributed by atoms with Gasteiger partial charge in [0.1, 0.15) is 0 Å². The van der Waals surface area contributed by atoms with Gasteiger partial charge in [-0.05, 0) is 31.2 Å². The van der Waals surface area contributed by atoms with E-state index in [1.807, 2.05) is 18.2 Å². The van der Waals surface area contributed by atoms with Gasteiger partial charge in [0.05, 0.1) is 12.1 Å². The summed E-state index contributed by atoms with van der Waals surface area (Å²) in [6, 6.07) is 10.2. The fourth-order valence-corrected chi connectivity index (χ4v) is 1.95. The number of hydrogen-bond acceptors (Lipinski definition) is 3. The van der Waals surface area contributed by atoms with Crippen molar-refractivity contribution in [1.29, 1.82) is 0 Å². The van der Waals surface area contributed by atoms with Gasteiger partial charge >= 0.3 is 0 Å². The maximum atomic E-state index is 6.31. The predicted octanol–water partition coefficient (Wildman–Crippen LogP) is 1.88. The Hall–Kier alpha value is -0.900. The Morgan fingerprint density at radius 3 is 2.72 bits per heavy atom. The van der Waals surface area contributed by atoms with Gasteiger partial charge in [0.2, 0.25) is 0 Å². The second-order valence-electron chi connectivity index (χ2n) is 5.48. The smallest absolute Gasteiger partial charge is 0.0591 e. The molecule has 0 spiro atoms. The minimum Gasteiger partial charge on any atom is -0.380 e. The van der Waals surface area contributed by atoms with Crippen LogP contribution in [0.15, 0.2) is 30.3 Å². The van der Waals surface area contributed by atoms with E-state index in [2.05, 4.69) is 24.4 Å². The van der Waals surface area contributed by atoms with Crippen LogP contribution in [-0.2, 0) is 10.3 Å². The van der Waals surface area contributed by atoms with E-state index >= 15 is 0 Å². The molecule has 3 heteroatoms. The first-order valence-corrected chi connectivity index (χ1v) is 6.81. The topological polar surface area (TPSA) is 47.3 Å². The van der Waals surface area contributed by atoms with Gasteiger partial charge in [-0.3, -0.25) is 0 Å². The molecule has 3 N–H and O–H groups in total. The van der Waals surface area contributed by atoms with Crippen molar-refractivity contribution in [1.82, 2.24) is 5.32 Å². The summed E-state index contributed by atoms with van der Waals surface area (Å²) in [4.78, 5) is 0. The van der Waals surface area contributed by atoms with E-state index in [1.54, 1.807) is 0 Å². The molecule has 0 radical (unpaired) electrons. The molecular weight excluding hydrogens is 224 g/mol. The Labute approximate surface area is 110 Å². The highest BCUT2D eigenvalue weighted by molar-refractivity contribution is 5.23. The first-order valence-electron chi connectivity index (χ1n) is 6.81. The van der Waals surface area contributed by atoms with Crippen LogP contribution in [0, 0.1) is 5.92 Å². The molecule has 0 aromatic heterocycles. The highest BCUT2D eigenvalue weighted by Crippen LogP contribution is 2.28. The van der Waals surface area contributed by atoms with Crippen molar-refractivity contribution >= 4 is 0 Å². The lowest BCUT2D eigenvalue weighted by atomic mass is 9.93. The fourth-order valence-electron chi connectivity index (χ4n) is 1.95. The largest absolute Gasteiger partial charge is 0.380 e. The Kier molecular flexibility index (Phi) is 4.75. The SMILES string of the molecule is CC(N)(CNCCOCC1CC1)c1ccccc1. The molecule has 18 heavy (non-hydrogen) atoms. The molecule has 1 atom stereocenters. The minimum absolute atomic E-state index is 0.322. The molecule has 1 aliphatic rings. The molecule has 1 unspecified atom stereocenters. The van der Waals surface area contributed by atoms with E-state index in [-0.39, 0.29) is 5.54 Å². The van der Waals surface area contributed by atoms with Crippen molar-refractivity contribution in [3.63, 3.8) is 0 Å². The lowest BCUT2D eigenvalue weighted by molar-refractivity contribution is 0.125. The summed E-state index contributed by atoms with van der Waals surface area (Å²) in [6.07, 6.45) is 2.70. The van der Waals surface area contributed by atoms with Gasteiger partial charge in [0.15, 0.2) is 0 Å². The summed E-state index contributed by atoms with van der Waals surface area (Å²) in [5, 5.41) is 3.37. The third kappa shape index (κ3) is 4.41. The van der Waals surface area contributed by atoms with Crippen LogP contribution < -0.4 is 11.1 Å². The third-order valence-electron chi connectivity index (χ3n) is 3.40. The van der Waals surface area contributed by atoms with E-state index in [9.17, 15) is 0 Å². The molecule has 1 aromatic carbocycles. The van der Waals surface area contributed by atoms with Crippen molar-refractivity contribution in [3.8, 4) is 0 Å². The molecule has 0 heterocycles. The maximum absolute atomic E-state index is 6.31. The van der Waals surface area contributed by atoms with Crippen LogP contribution in [0.3, 0.4) is 0 Å².